The molecule has 0 unspecified atom stereocenters. The summed E-state index contributed by atoms with van der Waals surface area (Å²) in [4.78, 5) is 53.4. The van der Waals surface area contributed by atoms with Crippen molar-refractivity contribution in [1.82, 2.24) is 14.1 Å². The summed E-state index contributed by atoms with van der Waals surface area (Å²) in [6.45, 7) is 7.32. The van der Waals surface area contributed by atoms with Crippen LogP contribution in [0.1, 0.15) is 34.7 Å². The molecule has 29 heavy (non-hydrogen) atoms. The summed E-state index contributed by atoms with van der Waals surface area (Å²) in [5.74, 6) is -1.79. The smallest absolute Gasteiger partial charge is 0.358 e. The molecule has 2 aromatic heterocycles. The van der Waals surface area contributed by atoms with Crippen molar-refractivity contribution in [3.8, 4) is 0 Å². The highest BCUT2D eigenvalue weighted by Crippen LogP contribution is 2.16. The third-order valence-corrected chi connectivity index (χ3v) is 4.66. The van der Waals surface area contributed by atoms with E-state index < -0.39 is 29.6 Å². The van der Waals surface area contributed by atoms with E-state index in [0.717, 1.165) is 4.57 Å². The maximum absolute atomic E-state index is 12.5. The molecule has 10 nitrogen and oxygen atoms in total. The number of carbonyl (C=O) groups excluding carboxylic acids is 2. The summed E-state index contributed by atoms with van der Waals surface area (Å²) in [7, 11) is 1.26. The first kappa shape index (κ1) is 22.1. The molecule has 0 amide bonds. The van der Waals surface area contributed by atoms with E-state index in [9.17, 15) is 19.2 Å². The van der Waals surface area contributed by atoms with Crippen LogP contribution in [-0.2, 0) is 18.3 Å². The lowest BCUT2D eigenvalue weighted by Gasteiger charge is -2.16. The number of nitrogens with one attached hydrogen (secondary N) is 1. The zero-order valence-corrected chi connectivity index (χ0v) is 17.2. The van der Waals surface area contributed by atoms with Gasteiger partial charge in [-0.2, -0.15) is 0 Å². The average molecular weight is 421 g/mol. The Kier molecular flexibility index (Phi) is 7.10. The highest BCUT2D eigenvalue weighted by molar-refractivity contribution is 7.13. The average Bonchev–Trinajstić information content (AvgIpc) is 3.15. The van der Waals surface area contributed by atoms with E-state index in [1.165, 1.54) is 28.3 Å². The largest absolute Gasteiger partial charge is 0.453 e. The monoisotopic (exact) mass is 421 g/mol. The van der Waals surface area contributed by atoms with Crippen molar-refractivity contribution in [1.29, 1.82) is 0 Å². The van der Waals surface area contributed by atoms with E-state index in [1.807, 2.05) is 13.8 Å². The molecule has 156 valence electrons. The third kappa shape index (κ3) is 4.99. The normalized spacial score (nSPS) is 10.8. The van der Waals surface area contributed by atoms with Crippen LogP contribution in [0.25, 0.3) is 0 Å². The van der Waals surface area contributed by atoms with Gasteiger partial charge in [0.1, 0.15) is 11.4 Å². The first-order chi connectivity index (χ1) is 13.7. The van der Waals surface area contributed by atoms with E-state index in [2.05, 4.69) is 16.9 Å². The van der Waals surface area contributed by atoms with Crippen molar-refractivity contribution < 1.29 is 14.3 Å². The number of aromatic nitrogens is 3. The number of rotatable bonds is 9. The van der Waals surface area contributed by atoms with Gasteiger partial charge in [0.25, 0.3) is 5.56 Å². The van der Waals surface area contributed by atoms with E-state index in [4.69, 9.17) is 10.5 Å². The summed E-state index contributed by atoms with van der Waals surface area (Å²) in [6, 6.07) is 0. The molecule has 2 heterocycles. The van der Waals surface area contributed by atoms with Gasteiger partial charge in [-0.1, -0.05) is 19.9 Å². The lowest BCUT2D eigenvalue weighted by Crippen LogP contribution is -2.43. The van der Waals surface area contributed by atoms with E-state index in [1.54, 1.807) is 6.08 Å². The van der Waals surface area contributed by atoms with Crippen LogP contribution < -0.4 is 22.3 Å². The van der Waals surface area contributed by atoms with Crippen LogP contribution in [0.4, 0.5) is 10.9 Å². The minimum atomic E-state index is -0.835. The van der Waals surface area contributed by atoms with Gasteiger partial charge in [0.15, 0.2) is 17.4 Å². The third-order valence-electron chi connectivity index (χ3n) is 3.86. The first-order valence-corrected chi connectivity index (χ1v) is 9.65. The molecule has 0 aliphatic heterocycles. The van der Waals surface area contributed by atoms with E-state index in [0.29, 0.717) is 11.7 Å². The number of nitrogens with zero attached hydrogens (tertiary/aromatic N) is 3. The fraction of sp³-hybridized carbons (Fsp3) is 0.389. The Morgan fingerprint density at radius 1 is 1.41 bits per heavy atom. The van der Waals surface area contributed by atoms with Crippen molar-refractivity contribution in [3.05, 3.63) is 50.1 Å². The van der Waals surface area contributed by atoms with E-state index in [-0.39, 0.29) is 29.5 Å². The van der Waals surface area contributed by atoms with Crippen LogP contribution in [0.2, 0.25) is 0 Å². The van der Waals surface area contributed by atoms with Gasteiger partial charge in [0.05, 0.1) is 0 Å². The topological polar surface area (TPSA) is 138 Å². The van der Waals surface area contributed by atoms with Crippen LogP contribution >= 0.6 is 11.3 Å². The highest BCUT2D eigenvalue weighted by Gasteiger charge is 2.23. The number of esters is 1. The molecule has 2 aromatic rings. The van der Waals surface area contributed by atoms with Gasteiger partial charge in [-0.3, -0.25) is 18.7 Å². The van der Waals surface area contributed by atoms with Crippen molar-refractivity contribution >= 4 is 34.0 Å². The molecule has 0 saturated carbocycles. The van der Waals surface area contributed by atoms with Crippen molar-refractivity contribution in [2.24, 2.45) is 13.0 Å². The van der Waals surface area contributed by atoms with Gasteiger partial charge < -0.3 is 15.8 Å². The quantitative estimate of drug-likeness (QED) is 0.346. The van der Waals surface area contributed by atoms with Gasteiger partial charge in [-0.25, -0.2) is 14.6 Å². The Labute approximate surface area is 170 Å². The number of nitrogens with two attached hydrogens (primary N) is 1. The molecule has 11 heteroatoms. The molecule has 0 atom stereocenters. The molecule has 0 bridgehead atoms. The Balaban J connectivity index is 2.20. The Hall–Kier alpha value is -3.21. The number of carbonyl (C=O) groups is 2. The summed E-state index contributed by atoms with van der Waals surface area (Å²) in [6.07, 6.45) is 1.64. The second-order valence-electron chi connectivity index (χ2n) is 6.62. The first-order valence-electron chi connectivity index (χ1n) is 8.77. The van der Waals surface area contributed by atoms with Gasteiger partial charge in [0, 0.05) is 25.5 Å². The fourth-order valence-corrected chi connectivity index (χ4v) is 3.16. The molecular formula is C18H23N5O5S. The molecule has 0 fully saturated rings. The Morgan fingerprint density at radius 2 is 2.10 bits per heavy atom. The second kappa shape index (κ2) is 9.32. The maximum atomic E-state index is 12.5. The summed E-state index contributed by atoms with van der Waals surface area (Å²) >= 11 is 1.20. The minimum Gasteiger partial charge on any atom is -0.453 e. The number of hydrogen-bond acceptors (Lipinski definition) is 9. The lowest BCUT2D eigenvalue weighted by molar-refractivity contribution is 0.0469. The van der Waals surface area contributed by atoms with E-state index >= 15 is 0 Å². The fourth-order valence-electron chi connectivity index (χ4n) is 2.47. The molecule has 0 spiro atoms. The molecule has 0 radical (unpaired) electrons. The van der Waals surface area contributed by atoms with Crippen LogP contribution in [0.3, 0.4) is 0 Å². The summed E-state index contributed by atoms with van der Waals surface area (Å²) in [5, 5.41) is 4.91. The molecule has 3 N–H and O–H groups in total. The van der Waals surface area contributed by atoms with Gasteiger partial charge in [0.2, 0.25) is 5.78 Å². The van der Waals surface area contributed by atoms with Crippen LogP contribution in [0.15, 0.2) is 27.6 Å². The molecule has 2 rings (SSSR count). The SMILES string of the molecule is C=CCNc1nc(C(=O)OCC(=O)c2c(N)n(CC(C)C)c(=O)n(C)c2=O)cs1. The molecule has 0 aromatic carbocycles. The number of Topliss-reactive ketones (excluding diaryl/α,β-unsaturated/α-hetero) is 1. The van der Waals surface area contributed by atoms with Gasteiger partial charge in [-0.15, -0.1) is 17.9 Å². The summed E-state index contributed by atoms with van der Waals surface area (Å²) < 4.78 is 6.96. The Bertz CT molecular complexity index is 1050. The predicted molar refractivity (Wildman–Crippen MR) is 111 cm³/mol. The van der Waals surface area contributed by atoms with Crippen molar-refractivity contribution in [2.45, 2.75) is 20.4 Å². The summed E-state index contributed by atoms with van der Waals surface area (Å²) in [5.41, 5.74) is 4.13. The van der Waals surface area contributed by atoms with Crippen molar-refractivity contribution in [3.63, 3.8) is 0 Å². The minimum absolute atomic E-state index is 0.0278. The Morgan fingerprint density at radius 3 is 2.72 bits per heavy atom. The standard InChI is InChI=1S/C18H23N5O5S/c1-5-6-20-17-21-11(9-29-17)16(26)28-8-12(24)13-14(19)23(7-10(2)3)18(27)22(4)15(13)25/h5,9-10H,1,6-8,19H2,2-4H3,(H,20,21). The van der Waals surface area contributed by atoms with Gasteiger partial charge in [-0.05, 0) is 5.92 Å². The second-order valence-corrected chi connectivity index (χ2v) is 7.48. The molecular weight excluding hydrogens is 398 g/mol. The van der Waals surface area contributed by atoms with Gasteiger partial charge >= 0.3 is 11.7 Å². The van der Waals surface area contributed by atoms with Crippen molar-refractivity contribution in [2.75, 3.05) is 24.2 Å². The maximum Gasteiger partial charge on any atom is 0.358 e. The number of ketones is 1. The predicted octanol–water partition coefficient (Wildman–Crippen LogP) is 0.879. The molecule has 0 aliphatic carbocycles. The zero-order chi connectivity index (χ0) is 21.7. The van der Waals surface area contributed by atoms with Crippen LogP contribution in [0.5, 0.6) is 0 Å². The number of anilines is 2. The molecule has 0 saturated heterocycles. The molecule has 0 aliphatic rings. The van der Waals surface area contributed by atoms with Crippen LogP contribution in [0, 0.1) is 5.92 Å². The lowest BCUT2D eigenvalue weighted by atomic mass is 10.1. The van der Waals surface area contributed by atoms with Crippen LogP contribution in [-0.4, -0.2) is 39.0 Å². The number of hydrogen-bond donors (Lipinski definition) is 2. The highest BCUT2D eigenvalue weighted by atomic mass is 32.1. The number of thiazole rings is 1. The number of ether oxygens (including phenoxy) is 1. The zero-order valence-electron chi connectivity index (χ0n) is 16.4. The number of nitrogen functional groups attached to an aromatic ring is 1.